The average Bonchev–Trinajstić information content (AvgIpc) is 2.95. The molecule has 2 aromatic rings. The Bertz CT molecular complexity index is 1060. The second-order valence-corrected chi connectivity index (χ2v) is 8.35. The van der Waals surface area contributed by atoms with E-state index in [1.54, 1.807) is 38.3 Å². The van der Waals surface area contributed by atoms with Gasteiger partial charge in [-0.3, -0.25) is 9.69 Å². The fraction of sp³-hybridized carbons (Fsp3) is 0.158. The van der Waals surface area contributed by atoms with Crippen molar-refractivity contribution in [3.05, 3.63) is 64.8 Å². The Hall–Kier alpha value is -2.65. The fourth-order valence-electron chi connectivity index (χ4n) is 2.50. The number of hydrogen-bond acceptors (Lipinski definition) is 5. The summed E-state index contributed by atoms with van der Waals surface area (Å²) in [5.74, 6) is -0.232. The maximum Gasteiger partial charge on any atom is 0.284 e. The molecule has 1 aliphatic heterocycles. The monoisotopic (exact) mass is 420 g/mol. The highest BCUT2D eigenvalue weighted by atomic mass is 32.2. The van der Waals surface area contributed by atoms with Gasteiger partial charge < -0.3 is 4.74 Å². The van der Waals surface area contributed by atoms with Crippen LogP contribution in [-0.2, 0) is 14.8 Å². The Labute approximate surface area is 166 Å². The molecule has 9 heteroatoms. The zero-order valence-electron chi connectivity index (χ0n) is 15.1. The van der Waals surface area contributed by atoms with E-state index < -0.39 is 15.8 Å². The number of hydrogen-bond donors (Lipinski definition) is 0. The summed E-state index contributed by atoms with van der Waals surface area (Å²) in [7, 11) is -2.53. The molecular formula is C19H17FN2O4S2. The molecule has 28 heavy (non-hydrogen) atoms. The van der Waals surface area contributed by atoms with Gasteiger partial charge in [0.25, 0.3) is 15.9 Å². The molecule has 0 radical (unpaired) electrons. The van der Waals surface area contributed by atoms with E-state index in [4.69, 9.17) is 4.74 Å². The van der Waals surface area contributed by atoms with Crippen LogP contribution in [0.5, 0.6) is 5.75 Å². The molecule has 2 aromatic carbocycles. The first-order valence-electron chi connectivity index (χ1n) is 8.30. The number of nitrogens with zero attached hydrogens (tertiary/aromatic N) is 2. The molecule has 0 aromatic heterocycles. The first kappa shape index (κ1) is 20.1. The maximum atomic E-state index is 13.1. The van der Waals surface area contributed by atoms with E-state index in [9.17, 15) is 17.6 Å². The highest BCUT2D eigenvalue weighted by Crippen LogP contribution is 2.34. The SMILES string of the molecule is CCN1C(=O)/C(=C/c2cccc(OC)c2)S/C1=N\S(=O)(=O)c1ccc(F)cc1. The molecule has 0 aliphatic carbocycles. The molecule has 0 spiro atoms. The maximum absolute atomic E-state index is 13.1. The number of sulfonamides is 1. The van der Waals surface area contributed by atoms with Crippen molar-refractivity contribution in [3.63, 3.8) is 0 Å². The lowest BCUT2D eigenvalue weighted by molar-refractivity contribution is -0.122. The molecule has 0 saturated carbocycles. The number of carbonyl (C=O) groups excluding carboxylic acids is 1. The normalized spacial score (nSPS) is 17.5. The van der Waals surface area contributed by atoms with E-state index >= 15 is 0 Å². The summed E-state index contributed by atoms with van der Waals surface area (Å²) in [5.41, 5.74) is 0.744. The summed E-state index contributed by atoms with van der Waals surface area (Å²) in [5, 5.41) is 0.0611. The summed E-state index contributed by atoms with van der Waals surface area (Å²) in [6.07, 6.45) is 1.66. The van der Waals surface area contributed by atoms with Gasteiger partial charge in [0.05, 0.1) is 16.9 Å². The van der Waals surface area contributed by atoms with Crippen molar-refractivity contribution < 1.29 is 22.3 Å². The Balaban J connectivity index is 1.96. The van der Waals surface area contributed by atoms with Gasteiger partial charge in [0, 0.05) is 6.54 Å². The summed E-state index contributed by atoms with van der Waals surface area (Å²) in [6, 6.07) is 11.5. The minimum absolute atomic E-state index is 0.0611. The van der Waals surface area contributed by atoms with E-state index in [2.05, 4.69) is 4.40 Å². The topological polar surface area (TPSA) is 76.0 Å². The van der Waals surface area contributed by atoms with Crippen molar-refractivity contribution in [2.24, 2.45) is 4.40 Å². The summed E-state index contributed by atoms with van der Waals surface area (Å²) < 4.78 is 47.1. The summed E-state index contributed by atoms with van der Waals surface area (Å²) in [4.78, 5) is 14.1. The van der Waals surface area contributed by atoms with Crippen LogP contribution in [-0.4, -0.2) is 38.0 Å². The highest BCUT2D eigenvalue weighted by molar-refractivity contribution is 8.19. The van der Waals surface area contributed by atoms with Gasteiger partial charge in [-0.05, 0) is 66.7 Å². The Morgan fingerprint density at radius 1 is 1.21 bits per heavy atom. The third-order valence-electron chi connectivity index (χ3n) is 3.91. The van der Waals surface area contributed by atoms with Crippen LogP contribution in [0.1, 0.15) is 12.5 Å². The van der Waals surface area contributed by atoms with E-state index in [1.807, 2.05) is 6.07 Å². The molecule has 0 N–H and O–H groups in total. The number of ether oxygens (including phenoxy) is 1. The third kappa shape index (κ3) is 4.26. The van der Waals surface area contributed by atoms with Crippen LogP contribution in [0, 0.1) is 5.82 Å². The van der Waals surface area contributed by atoms with Gasteiger partial charge in [-0.15, -0.1) is 4.40 Å². The molecule has 3 rings (SSSR count). The first-order chi connectivity index (χ1) is 13.3. The van der Waals surface area contributed by atoms with Crippen molar-refractivity contribution in [2.75, 3.05) is 13.7 Å². The van der Waals surface area contributed by atoms with Crippen LogP contribution in [0.25, 0.3) is 6.08 Å². The molecule has 6 nitrogen and oxygen atoms in total. The molecule has 1 aliphatic rings. The number of methoxy groups -OCH3 is 1. The smallest absolute Gasteiger partial charge is 0.284 e. The molecule has 0 atom stereocenters. The second-order valence-electron chi connectivity index (χ2n) is 5.74. The predicted octanol–water partition coefficient (Wildman–Crippen LogP) is 3.52. The second kappa shape index (κ2) is 8.15. The number of likely N-dealkylation sites (N-methyl/N-ethyl adjacent to an activating group) is 1. The predicted molar refractivity (Wildman–Crippen MR) is 107 cm³/mol. The van der Waals surface area contributed by atoms with Gasteiger partial charge in [0.1, 0.15) is 11.6 Å². The lowest BCUT2D eigenvalue weighted by atomic mass is 10.2. The lowest BCUT2D eigenvalue weighted by Crippen LogP contribution is -2.29. The number of thioether (sulfide) groups is 1. The van der Waals surface area contributed by atoms with Crippen molar-refractivity contribution in [3.8, 4) is 5.75 Å². The number of halogens is 1. The zero-order chi connectivity index (χ0) is 20.3. The van der Waals surface area contributed by atoms with Crippen LogP contribution in [0.15, 0.2) is 62.7 Å². The number of benzene rings is 2. The van der Waals surface area contributed by atoms with Crippen molar-refractivity contribution >= 4 is 38.9 Å². The van der Waals surface area contributed by atoms with E-state index in [-0.39, 0.29) is 22.5 Å². The van der Waals surface area contributed by atoms with Crippen molar-refractivity contribution in [2.45, 2.75) is 11.8 Å². The van der Waals surface area contributed by atoms with Crippen molar-refractivity contribution in [1.82, 2.24) is 4.90 Å². The minimum atomic E-state index is -4.07. The largest absolute Gasteiger partial charge is 0.497 e. The zero-order valence-corrected chi connectivity index (χ0v) is 16.8. The molecule has 1 amide bonds. The van der Waals surface area contributed by atoms with Crippen molar-refractivity contribution in [1.29, 1.82) is 0 Å². The number of amidine groups is 1. The summed E-state index contributed by atoms with van der Waals surface area (Å²) in [6.45, 7) is 1.99. The third-order valence-corrected chi connectivity index (χ3v) is 6.31. The van der Waals surface area contributed by atoms with Gasteiger partial charge >= 0.3 is 0 Å². The Morgan fingerprint density at radius 2 is 1.93 bits per heavy atom. The molecule has 0 unspecified atom stereocenters. The molecule has 1 heterocycles. The minimum Gasteiger partial charge on any atom is -0.497 e. The quantitative estimate of drug-likeness (QED) is 0.692. The Kier molecular flexibility index (Phi) is 5.85. The van der Waals surface area contributed by atoms with Gasteiger partial charge in [-0.2, -0.15) is 8.42 Å². The summed E-state index contributed by atoms with van der Waals surface area (Å²) >= 11 is 0.978. The van der Waals surface area contributed by atoms with Crippen LogP contribution < -0.4 is 4.74 Å². The van der Waals surface area contributed by atoms with Gasteiger partial charge in [0.2, 0.25) is 0 Å². The number of rotatable bonds is 5. The van der Waals surface area contributed by atoms with Crippen LogP contribution >= 0.6 is 11.8 Å². The fourth-order valence-corrected chi connectivity index (χ4v) is 4.74. The van der Waals surface area contributed by atoms with Gasteiger partial charge in [-0.1, -0.05) is 12.1 Å². The highest BCUT2D eigenvalue weighted by Gasteiger charge is 2.34. The molecular weight excluding hydrogens is 403 g/mol. The lowest BCUT2D eigenvalue weighted by Gasteiger charge is -2.11. The van der Waals surface area contributed by atoms with Gasteiger partial charge in [-0.25, -0.2) is 4.39 Å². The van der Waals surface area contributed by atoms with Crippen LogP contribution in [0.3, 0.4) is 0 Å². The van der Waals surface area contributed by atoms with E-state index in [1.165, 1.54) is 4.90 Å². The molecule has 1 fully saturated rings. The van der Waals surface area contributed by atoms with Gasteiger partial charge in [0.15, 0.2) is 5.17 Å². The van der Waals surface area contributed by atoms with Crippen LogP contribution in [0.4, 0.5) is 4.39 Å². The number of carbonyl (C=O) groups is 1. The Morgan fingerprint density at radius 3 is 2.57 bits per heavy atom. The average molecular weight is 420 g/mol. The van der Waals surface area contributed by atoms with E-state index in [0.717, 1.165) is 41.6 Å². The van der Waals surface area contributed by atoms with E-state index in [0.29, 0.717) is 10.7 Å². The first-order valence-corrected chi connectivity index (χ1v) is 10.6. The number of amides is 1. The molecule has 0 bridgehead atoms. The molecule has 1 saturated heterocycles. The van der Waals surface area contributed by atoms with Crippen LogP contribution in [0.2, 0.25) is 0 Å². The molecule has 146 valence electrons. The standard InChI is InChI=1S/C19H17FN2O4S2/c1-3-22-18(23)17(12-13-5-4-6-15(11-13)26-2)27-19(22)21-28(24,25)16-9-7-14(20)8-10-16/h4-12H,3H2,1-2H3/b17-12-,21-19-.